The van der Waals surface area contributed by atoms with Crippen molar-refractivity contribution in [1.82, 2.24) is 5.32 Å². The molecule has 1 N–H and O–H groups in total. The summed E-state index contributed by atoms with van der Waals surface area (Å²) in [6.45, 7) is 6.31. The molecule has 0 saturated carbocycles. The first-order valence-electron chi connectivity index (χ1n) is 6.38. The molecule has 0 saturated heterocycles. The summed E-state index contributed by atoms with van der Waals surface area (Å²) in [6.07, 6.45) is 0.908. The maximum atomic E-state index is 12.4. The van der Waals surface area contributed by atoms with Crippen LogP contribution in [0.2, 0.25) is 0 Å². The molecule has 0 fully saturated rings. The van der Waals surface area contributed by atoms with Gasteiger partial charge in [-0.15, -0.1) is 0 Å². The average molecular weight is 267 g/mol. The van der Waals surface area contributed by atoms with Crippen LogP contribution in [0.4, 0.5) is 0 Å². The summed E-state index contributed by atoms with van der Waals surface area (Å²) in [7, 11) is 0.664. The van der Waals surface area contributed by atoms with Crippen molar-refractivity contribution in [2.45, 2.75) is 49.4 Å². The van der Waals surface area contributed by atoms with Crippen molar-refractivity contribution in [2.75, 3.05) is 7.11 Å². The van der Waals surface area contributed by atoms with Gasteiger partial charge >= 0.3 is 0 Å². The Kier molecular flexibility index (Phi) is 4.07. The average Bonchev–Trinajstić information content (AvgIpc) is 2.34. The Bertz CT molecular complexity index is 459. The lowest BCUT2D eigenvalue weighted by atomic mass is 10.00. The van der Waals surface area contributed by atoms with E-state index in [0.717, 1.165) is 22.6 Å². The Balaban J connectivity index is 2.48. The molecule has 1 heterocycles. The van der Waals surface area contributed by atoms with Gasteiger partial charge in [0.2, 0.25) is 0 Å². The number of methoxy groups -OCH3 is 1. The topological polar surface area (TPSA) is 38.3 Å². The van der Waals surface area contributed by atoms with Crippen molar-refractivity contribution in [2.24, 2.45) is 0 Å². The van der Waals surface area contributed by atoms with Crippen molar-refractivity contribution < 1.29 is 8.95 Å². The molecule has 0 aliphatic carbocycles. The van der Waals surface area contributed by atoms with Gasteiger partial charge in [0, 0.05) is 17.3 Å². The van der Waals surface area contributed by atoms with E-state index >= 15 is 0 Å². The zero-order valence-corrected chi connectivity index (χ0v) is 12.2. The summed E-state index contributed by atoms with van der Waals surface area (Å²) < 4.78 is 17.8. The number of nitrogens with one attached hydrogen (secondary N) is 1. The first kappa shape index (κ1) is 13.6. The van der Waals surface area contributed by atoms with E-state index in [9.17, 15) is 4.21 Å². The molecule has 2 rings (SSSR count). The molecule has 4 heteroatoms. The fourth-order valence-corrected chi connectivity index (χ4v) is 4.05. The van der Waals surface area contributed by atoms with E-state index in [1.165, 1.54) is 0 Å². The molecule has 1 aromatic rings. The van der Waals surface area contributed by atoms with Gasteiger partial charge in [-0.05, 0) is 18.1 Å². The highest BCUT2D eigenvalue weighted by atomic mass is 32.2. The Morgan fingerprint density at radius 3 is 2.78 bits per heavy atom. The highest BCUT2D eigenvalue weighted by molar-refractivity contribution is 7.85. The first-order chi connectivity index (χ1) is 8.54. The Labute approximate surface area is 111 Å². The van der Waals surface area contributed by atoms with Gasteiger partial charge in [0.05, 0.1) is 22.8 Å². The van der Waals surface area contributed by atoms with Crippen LogP contribution in [0.1, 0.15) is 38.8 Å². The number of rotatable bonds is 3. The minimum Gasteiger partial charge on any atom is -0.495 e. The first-order valence-corrected chi connectivity index (χ1v) is 7.59. The third kappa shape index (κ3) is 2.45. The minimum absolute atomic E-state index is 0.157. The number of hydrogen-bond acceptors (Lipinski definition) is 3. The fourth-order valence-electron chi connectivity index (χ4n) is 2.49. The molecule has 1 aliphatic rings. The zero-order valence-electron chi connectivity index (χ0n) is 11.4. The lowest BCUT2D eigenvalue weighted by Gasteiger charge is -2.32. The third-order valence-corrected chi connectivity index (χ3v) is 5.04. The summed E-state index contributed by atoms with van der Waals surface area (Å²) >= 11 is 0. The van der Waals surface area contributed by atoms with Gasteiger partial charge in [0.1, 0.15) is 5.75 Å². The minimum atomic E-state index is -0.972. The standard InChI is InChI=1S/C14H21NO2S/c1-9(2)15-12-8-10(3)18(16)14-11(12)6-5-7-13(14)17-4/h5-7,9-10,12,15H,8H2,1-4H3. The predicted octanol–water partition coefficient (Wildman–Crippen LogP) is 2.63. The van der Waals surface area contributed by atoms with E-state index in [4.69, 9.17) is 4.74 Å². The molecule has 1 aliphatic heterocycles. The highest BCUT2D eigenvalue weighted by Crippen LogP contribution is 2.39. The third-order valence-electron chi connectivity index (χ3n) is 3.27. The van der Waals surface area contributed by atoms with Crippen LogP contribution < -0.4 is 10.1 Å². The number of ether oxygens (including phenoxy) is 1. The second-order valence-corrected chi connectivity index (χ2v) is 6.90. The van der Waals surface area contributed by atoms with E-state index in [-0.39, 0.29) is 11.3 Å². The summed E-state index contributed by atoms with van der Waals surface area (Å²) in [4.78, 5) is 0.872. The zero-order chi connectivity index (χ0) is 13.3. The Hall–Kier alpha value is -0.870. The van der Waals surface area contributed by atoms with Crippen molar-refractivity contribution in [3.05, 3.63) is 23.8 Å². The van der Waals surface area contributed by atoms with Gasteiger partial charge in [0.25, 0.3) is 0 Å². The van der Waals surface area contributed by atoms with Gasteiger partial charge < -0.3 is 10.1 Å². The number of benzene rings is 1. The van der Waals surface area contributed by atoms with Gasteiger partial charge in [-0.1, -0.05) is 32.9 Å². The molecule has 100 valence electrons. The number of fused-ring (bicyclic) bond motifs is 1. The Morgan fingerprint density at radius 2 is 2.17 bits per heavy atom. The molecule has 0 amide bonds. The SMILES string of the molecule is COc1cccc2c1S(=O)C(C)CC2NC(C)C. The highest BCUT2D eigenvalue weighted by Gasteiger charge is 2.32. The van der Waals surface area contributed by atoms with Crippen LogP contribution in [0.5, 0.6) is 5.75 Å². The van der Waals surface area contributed by atoms with E-state index in [1.54, 1.807) is 7.11 Å². The molecule has 0 bridgehead atoms. The molecule has 0 aromatic heterocycles. The van der Waals surface area contributed by atoms with Gasteiger partial charge in [-0.3, -0.25) is 4.21 Å². The van der Waals surface area contributed by atoms with E-state index in [2.05, 4.69) is 25.2 Å². The van der Waals surface area contributed by atoms with Gasteiger partial charge in [-0.2, -0.15) is 0 Å². The van der Waals surface area contributed by atoms with Crippen LogP contribution >= 0.6 is 0 Å². The fraction of sp³-hybridized carbons (Fsp3) is 0.571. The van der Waals surface area contributed by atoms with E-state index in [1.807, 2.05) is 19.1 Å². The molecular weight excluding hydrogens is 246 g/mol. The van der Waals surface area contributed by atoms with Crippen LogP contribution in [-0.2, 0) is 10.8 Å². The molecule has 0 radical (unpaired) electrons. The lowest BCUT2D eigenvalue weighted by molar-refractivity contribution is 0.390. The summed E-state index contributed by atoms with van der Waals surface area (Å²) in [5, 5.41) is 3.71. The summed E-state index contributed by atoms with van der Waals surface area (Å²) in [5.41, 5.74) is 1.12. The van der Waals surface area contributed by atoms with Crippen LogP contribution in [0.3, 0.4) is 0 Å². The maximum absolute atomic E-state index is 12.4. The largest absolute Gasteiger partial charge is 0.495 e. The molecule has 1 aromatic carbocycles. The normalized spacial score (nSPS) is 27.1. The quantitative estimate of drug-likeness (QED) is 0.915. The maximum Gasteiger partial charge on any atom is 0.135 e. The van der Waals surface area contributed by atoms with Crippen LogP contribution in [0, 0.1) is 0 Å². The van der Waals surface area contributed by atoms with E-state index in [0.29, 0.717) is 6.04 Å². The van der Waals surface area contributed by atoms with E-state index < -0.39 is 10.8 Å². The summed E-state index contributed by atoms with van der Waals surface area (Å²) in [6, 6.07) is 6.60. The molecule has 0 spiro atoms. The van der Waals surface area contributed by atoms with Gasteiger partial charge in [-0.25, -0.2) is 0 Å². The molecule has 3 unspecified atom stereocenters. The Morgan fingerprint density at radius 1 is 1.44 bits per heavy atom. The van der Waals surface area contributed by atoms with Crippen LogP contribution in [0.25, 0.3) is 0 Å². The smallest absolute Gasteiger partial charge is 0.135 e. The van der Waals surface area contributed by atoms with Crippen LogP contribution in [-0.4, -0.2) is 22.6 Å². The molecule has 3 nitrogen and oxygen atoms in total. The van der Waals surface area contributed by atoms with Crippen molar-refractivity contribution >= 4 is 10.8 Å². The molecular formula is C14H21NO2S. The lowest BCUT2D eigenvalue weighted by Crippen LogP contribution is -2.35. The second kappa shape index (κ2) is 5.41. The van der Waals surface area contributed by atoms with Crippen molar-refractivity contribution in [1.29, 1.82) is 0 Å². The van der Waals surface area contributed by atoms with Crippen molar-refractivity contribution in [3.63, 3.8) is 0 Å². The summed E-state index contributed by atoms with van der Waals surface area (Å²) in [5.74, 6) is 0.743. The van der Waals surface area contributed by atoms with Crippen LogP contribution in [0.15, 0.2) is 23.1 Å². The molecule has 3 atom stereocenters. The second-order valence-electron chi connectivity index (χ2n) is 5.10. The number of hydrogen-bond donors (Lipinski definition) is 1. The van der Waals surface area contributed by atoms with Crippen molar-refractivity contribution in [3.8, 4) is 5.75 Å². The predicted molar refractivity (Wildman–Crippen MR) is 74.5 cm³/mol. The van der Waals surface area contributed by atoms with Gasteiger partial charge in [0.15, 0.2) is 0 Å². The molecule has 18 heavy (non-hydrogen) atoms. The monoisotopic (exact) mass is 267 g/mol.